The van der Waals surface area contributed by atoms with Gasteiger partial charge < -0.3 is 13.3 Å². The van der Waals surface area contributed by atoms with E-state index < -0.39 is 8.80 Å². The number of rotatable bonds is 5. The smallest absolute Gasteiger partial charge is 0.377 e. The van der Waals surface area contributed by atoms with Crippen molar-refractivity contribution in [2.75, 3.05) is 14.2 Å². The minimum atomic E-state index is -2.28. The van der Waals surface area contributed by atoms with Crippen LogP contribution in [0, 0.1) is 0 Å². The van der Waals surface area contributed by atoms with E-state index in [-0.39, 0.29) is 6.10 Å². The summed E-state index contributed by atoms with van der Waals surface area (Å²) in [6.45, 7) is 5.98. The Morgan fingerprint density at radius 1 is 1.18 bits per heavy atom. The van der Waals surface area contributed by atoms with Crippen LogP contribution in [-0.4, -0.2) is 29.1 Å². The van der Waals surface area contributed by atoms with Crippen molar-refractivity contribution in [3.05, 3.63) is 0 Å². The van der Waals surface area contributed by atoms with E-state index in [1.54, 1.807) is 14.2 Å². The van der Waals surface area contributed by atoms with Gasteiger partial charge in [-0.15, -0.1) is 0 Å². The Kier molecular flexibility index (Phi) is 4.91. The zero-order chi connectivity index (χ0) is 8.91. The molecule has 0 rings (SSSR count). The van der Waals surface area contributed by atoms with E-state index in [0.717, 1.165) is 6.04 Å². The quantitative estimate of drug-likeness (QED) is 0.599. The average Bonchev–Trinajstić information content (AvgIpc) is 2.00. The lowest BCUT2D eigenvalue weighted by Crippen LogP contribution is -2.44. The molecule has 11 heavy (non-hydrogen) atoms. The third kappa shape index (κ3) is 3.33. The molecule has 0 heterocycles. The normalized spacial score (nSPS) is 12.5. The van der Waals surface area contributed by atoms with Gasteiger partial charge in [-0.3, -0.25) is 0 Å². The summed E-state index contributed by atoms with van der Waals surface area (Å²) in [6.07, 6.45) is 0.168. The Labute approximate surface area is 70.0 Å². The SMILES string of the molecule is CC[Si](OC)(OC)OC(C)C. The third-order valence-corrected chi connectivity index (χ3v) is 4.41. The Morgan fingerprint density at radius 2 is 1.64 bits per heavy atom. The van der Waals surface area contributed by atoms with Crippen LogP contribution in [0.25, 0.3) is 0 Å². The van der Waals surface area contributed by atoms with E-state index in [9.17, 15) is 0 Å². The molecule has 0 amide bonds. The second-order valence-corrected chi connectivity index (χ2v) is 5.74. The van der Waals surface area contributed by atoms with Crippen LogP contribution in [-0.2, 0) is 13.3 Å². The average molecular weight is 178 g/mol. The highest BCUT2D eigenvalue weighted by Crippen LogP contribution is 2.14. The maximum absolute atomic E-state index is 5.58. The fourth-order valence-corrected chi connectivity index (χ4v) is 2.73. The summed E-state index contributed by atoms with van der Waals surface area (Å²) in [5.74, 6) is 0. The summed E-state index contributed by atoms with van der Waals surface area (Å²) in [6, 6.07) is 0.818. The zero-order valence-electron chi connectivity index (χ0n) is 8.01. The van der Waals surface area contributed by atoms with E-state index >= 15 is 0 Å². The first-order valence-corrected chi connectivity index (χ1v) is 5.81. The minimum absolute atomic E-state index is 0.168. The number of hydrogen-bond acceptors (Lipinski definition) is 3. The molecule has 0 saturated heterocycles. The highest BCUT2D eigenvalue weighted by molar-refractivity contribution is 6.60. The van der Waals surface area contributed by atoms with Gasteiger partial charge in [-0.1, -0.05) is 6.92 Å². The molecule has 0 unspecified atom stereocenters. The minimum Gasteiger partial charge on any atom is -0.377 e. The van der Waals surface area contributed by atoms with Crippen molar-refractivity contribution in [3.63, 3.8) is 0 Å². The van der Waals surface area contributed by atoms with Gasteiger partial charge in [0.05, 0.1) is 0 Å². The molecule has 0 atom stereocenters. The van der Waals surface area contributed by atoms with Crippen LogP contribution in [0.3, 0.4) is 0 Å². The molecule has 68 valence electrons. The molecule has 0 aromatic rings. The standard InChI is InChI=1S/C7H18O3Si/c1-6-11(8-4,9-5)10-7(2)3/h7H,6H2,1-5H3. The van der Waals surface area contributed by atoms with Gasteiger partial charge in [0.25, 0.3) is 0 Å². The molecule has 0 saturated carbocycles. The topological polar surface area (TPSA) is 27.7 Å². The van der Waals surface area contributed by atoms with Crippen molar-refractivity contribution < 1.29 is 13.3 Å². The molecule has 0 fully saturated rings. The van der Waals surface area contributed by atoms with Gasteiger partial charge in [-0.2, -0.15) is 0 Å². The molecule has 0 radical (unpaired) electrons. The molecule has 0 N–H and O–H groups in total. The van der Waals surface area contributed by atoms with Crippen LogP contribution in [0.2, 0.25) is 6.04 Å². The molecule has 0 aliphatic rings. The van der Waals surface area contributed by atoms with Gasteiger partial charge >= 0.3 is 8.80 Å². The van der Waals surface area contributed by atoms with Gasteiger partial charge in [0.15, 0.2) is 0 Å². The molecule has 0 aromatic carbocycles. The molecular weight excluding hydrogens is 160 g/mol. The van der Waals surface area contributed by atoms with Crippen molar-refractivity contribution in [1.29, 1.82) is 0 Å². The summed E-state index contributed by atoms with van der Waals surface area (Å²) < 4.78 is 16.1. The van der Waals surface area contributed by atoms with E-state index in [2.05, 4.69) is 0 Å². The van der Waals surface area contributed by atoms with Crippen LogP contribution in [0.5, 0.6) is 0 Å². The Morgan fingerprint density at radius 3 is 1.73 bits per heavy atom. The predicted molar refractivity (Wildman–Crippen MR) is 46.5 cm³/mol. The second-order valence-electron chi connectivity index (χ2n) is 2.61. The van der Waals surface area contributed by atoms with Crippen molar-refractivity contribution in [3.8, 4) is 0 Å². The first-order valence-electron chi connectivity index (χ1n) is 3.88. The van der Waals surface area contributed by atoms with Crippen LogP contribution in [0.1, 0.15) is 20.8 Å². The number of hydrogen-bond donors (Lipinski definition) is 0. The molecule has 3 nitrogen and oxygen atoms in total. The largest absolute Gasteiger partial charge is 0.500 e. The van der Waals surface area contributed by atoms with E-state index in [1.165, 1.54) is 0 Å². The van der Waals surface area contributed by atoms with Crippen molar-refractivity contribution >= 4 is 8.80 Å². The lowest BCUT2D eigenvalue weighted by atomic mass is 10.5. The molecule has 0 aromatic heterocycles. The summed E-state index contributed by atoms with van der Waals surface area (Å²) in [7, 11) is 1.00. The summed E-state index contributed by atoms with van der Waals surface area (Å²) in [4.78, 5) is 0. The maximum Gasteiger partial charge on any atom is 0.500 e. The van der Waals surface area contributed by atoms with Gasteiger partial charge in [-0.05, 0) is 13.8 Å². The van der Waals surface area contributed by atoms with Gasteiger partial charge in [0, 0.05) is 26.4 Å². The molecule has 0 bridgehead atoms. The van der Waals surface area contributed by atoms with Crippen LogP contribution in [0.4, 0.5) is 0 Å². The molecule has 4 heteroatoms. The summed E-state index contributed by atoms with van der Waals surface area (Å²) in [5.41, 5.74) is 0. The zero-order valence-corrected chi connectivity index (χ0v) is 9.01. The second kappa shape index (κ2) is 4.87. The van der Waals surface area contributed by atoms with E-state index in [4.69, 9.17) is 13.3 Å². The lowest BCUT2D eigenvalue weighted by Gasteiger charge is -2.26. The van der Waals surface area contributed by atoms with Crippen molar-refractivity contribution in [1.82, 2.24) is 0 Å². The predicted octanol–water partition coefficient (Wildman–Crippen LogP) is 1.66. The first kappa shape index (κ1) is 11.1. The summed E-state index contributed by atoms with van der Waals surface area (Å²) >= 11 is 0. The first-order chi connectivity index (χ1) is 5.10. The Hall–Kier alpha value is 0.0969. The van der Waals surface area contributed by atoms with Crippen LogP contribution >= 0.6 is 0 Å². The fourth-order valence-electron chi connectivity index (χ4n) is 0.911. The Balaban J connectivity index is 4.05. The monoisotopic (exact) mass is 178 g/mol. The van der Waals surface area contributed by atoms with E-state index in [1.807, 2.05) is 20.8 Å². The van der Waals surface area contributed by atoms with Crippen molar-refractivity contribution in [2.24, 2.45) is 0 Å². The Bertz CT molecular complexity index is 93.6. The van der Waals surface area contributed by atoms with Crippen LogP contribution in [0.15, 0.2) is 0 Å². The van der Waals surface area contributed by atoms with Gasteiger partial charge in [-0.25, -0.2) is 0 Å². The summed E-state index contributed by atoms with van der Waals surface area (Å²) in [5, 5.41) is 0. The molecule has 0 aliphatic heterocycles. The van der Waals surface area contributed by atoms with Crippen molar-refractivity contribution in [2.45, 2.75) is 32.9 Å². The maximum atomic E-state index is 5.58. The van der Waals surface area contributed by atoms with Gasteiger partial charge in [0.2, 0.25) is 0 Å². The molecule has 0 aliphatic carbocycles. The molecular formula is C7H18O3Si. The fraction of sp³-hybridized carbons (Fsp3) is 1.00. The third-order valence-electron chi connectivity index (χ3n) is 1.47. The van der Waals surface area contributed by atoms with E-state index in [0.29, 0.717) is 0 Å². The highest BCUT2D eigenvalue weighted by Gasteiger charge is 2.37. The van der Waals surface area contributed by atoms with Gasteiger partial charge in [0.1, 0.15) is 0 Å². The molecule has 0 spiro atoms. The van der Waals surface area contributed by atoms with Crippen LogP contribution < -0.4 is 0 Å². The highest BCUT2D eigenvalue weighted by atomic mass is 28.4. The lowest BCUT2D eigenvalue weighted by molar-refractivity contribution is 0.0711.